The van der Waals surface area contributed by atoms with Crippen molar-refractivity contribution in [3.8, 4) is 0 Å². The molecule has 2 aromatic carbocycles. The zero-order valence-electron chi connectivity index (χ0n) is 13.1. The fourth-order valence-electron chi connectivity index (χ4n) is 2.09. The van der Waals surface area contributed by atoms with Gasteiger partial charge < -0.3 is 0 Å². The van der Waals surface area contributed by atoms with Crippen LogP contribution < -0.4 is 4.46 Å². The molecule has 0 amide bonds. The van der Waals surface area contributed by atoms with Crippen molar-refractivity contribution in [3.63, 3.8) is 0 Å². The van der Waals surface area contributed by atoms with Crippen LogP contribution in [0.2, 0.25) is 0 Å². The number of aliphatic imine (C=N–C) groups is 1. The summed E-state index contributed by atoms with van der Waals surface area (Å²) in [5, 5.41) is 0. The van der Waals surface area contributed by atoms with Gasteiger partial charge in [-0.25, -0.2) is 0 Å². The molecule has 0 spiro atoms. The monoisotopic (exact) mass is 406 g/mol. The van der Waals surface area contributed by atoms with Gasteiger partial charge >= 0.3 is 144 Å². The van der Waals surface area contributed by atoms with E-state index < -0.39 is 34.8 Å². The quantitative estimate of drug-likeness (QED) is 0.233. The van der Waals surface area contributed by atoms with Crippen LogP contribution in [-0.2, 0) is 5.41 Å². The van der Waals surface area contributed by atoms with Crippen molar-refractivity contribution in [2.24, 2.45) is 4.99 Å². The predicted octanol–water partition coefficient (Wildman–Crippen LogP) is 4.22. The molecule has 2 rings (SSSR count). The Balaban J connectivity index is 2.55. The van der Waals surface area contributed by atoms with Crippen molar-refractivity contribution in [2.45, 2.75) is 26.2 Å². The van der Waals surface area contributed by atoms with Crippen LogP contribution in [0.1, 0.15) is 31.9 Å². The second kappa shape index (κ2) is 6.65. The summed E-state index contributed by atoms with van der Waals surface area (Å²) in [6.45, 7) is 5.94. The Morgan fingerprint density at radius 3 is 1.88 bits per heavy atom. The summed E-state index contributed by atoms with van der Waals surface area (Å²) in [5.41, 5.74) is -0.00291. The van der Waals surface area contributed by atoms with Crippen molar-refractivity contribution in [1.29, 1.82) is 0 Å². The van der Waals surface area contributed by atoms with Crippen LogP contribution in [-0.4, -0.2) is 22.2 Å². The van der Waals surface area contributed by atoms with Crippen LogP contribution in [0.5, 0.6) is 0 Å². The fourth-order valence-corrected chi connectivity index (χ4v) is 3.13. The Morgan fingerprint density at radius 2 is 1.38 bits per heavy atom. The summed E-state index contributed by atoms with van der Waals surface area (Å²) in [6, 6.07) is 5.22. The van der Waals surface area contributed by atoms with Gasteiger partial charge in [0.1, 0.15) is 0 Å². The molecule has 1 radical (unpaired) electrons. The number of halogens is 5. The Labute approximate surface area is 144 Å². The molecule has 0 aliphatic rings. The maximum absolute atomic E-state index is 13.6. The van der Waals surface area contributed by atoms with Crippen LogP contribution in [0.15, 0.2) is 23.2 Å². The molecule has 0 heterocycles. The first-order valence-electron chi connectivity index (χ1n) is 6.91. The molecule has 0 aliphatic heterocycles. The van der Waals surface area contributed by atoms with Crippen molar-refractivity contribution >= 4 is 32.4 Å². The van der Waals surface area contributed by atoms with Gasteiger partial charge in [0.15, 0.2) is 0 Å². The summed E-state index contributed by atoms with van der Waals surface area (Å²) < 4.78 is 67.4. The van der Waals surface area contributed by atoms with Crippen LogP contribution in [0.4, 0.5) is 27.6 Å². The van der Waals surface area contributed by atoms with E-state index in [4.69, 9.17) is 0 Å². The summed E-state index contributed by atoms with van der Waals surface area (Å²) in [5.74, 6) is -10.2. The predicted molar refractivity (Wildman–Crippen MR) is 84.0 cm³/mol. The minimum atomic E-state index is -2.21. The molecule has 0 aliphatic carbocycles. The zero-order chi connectivity index (χ0) is 18.2. The topological polar surface area (TPSA) is 12.4 Å². The van der Waals surface area contributed by atoms with E-state index in [-0.39, 0.29) is 5.41 Å². The SMILES string of the molecule is CC(C)(C)c1cccc(C=Nc2c(F)c(F)c(F)c(F)c2F)c1[Se]. The molecule has 0 aromatic heterocycles. The van der Waals surface area contributed by atoms with Crippen molar-refractivity contribution in [2.75, 3.05) is 0 Å². The van der Waals surface area contributed by atoms with Crippen molar-refractivity contribution in [1.82, 2.24) is 0 Å². The van der Waals surface area contributed by atoms with E-state index in [0.717, 1.165) is 11.8 Å². The van der Waals surface area contributed by atoms with Crippen LogP contribution in [0.3, 0.4) is 0 Å². The molecule has 7 heteroatoms. The van der Waals surface area contributed by atoms with Gasteiger partial charge in [0.05, 0.1) is 0 Å². The van der Waals surface area contributed by atoms with Gasteiger partial charge in [-0.05, 0) is 0 Å². The molecule has 0 fully saturated rings. The van der Waals surface area contributed by atoms with Crippen molar-refractivity contribution < 1.29 is 22.0 Å². The Morgan fingerprint density at radius 1 is 0.875 bits per heavy atom. The maximum atomic E-state index is 13.6. The number of nitrogens with zero attached hydrogens (tertiary/aromatic N) is 1. The second-order valence-electron chi connectivity index (χ2n) is 6.15. The first-order chi connectivity index (χ1) is 11.1. The normalized spacial score (nSPS) is 12.2. The Hall–Kier alpha value is -1.72. The minimum absolute atomic E-state index is 0.199. The standard InChI is InChI=1S/C17H13F5NSe/c1-17(2,3)9-6-4-5-8(16(9)24)7-23-15-13(21)11(19)10(18)12(20)14(15)22/h4-7H,1-3H3. The van der Waals surface area contributed by atoms with Gasteiger partial charge in [-0.15, -0.1) is 0 Å². The van der Waals surface area contributed by atoms with Gasteiger partial charge in [-0.1, -0.05) is 0 Å². The molecule has 0 bridgehead atoms. The average molecular weight is 405 g/mol. The number of hydrogen-bond acceptors (Lipinski definition) is 1. The molecule has 127 valence electrons. The van der Waals surface area contributed by atoms with Gasteiger partial charge in [0.25, 0.3) is 0 Å². The van der Waals surface area contributed by atoms with E-state index in [1.165, 1.54) is 0 Å². The summed E-state index contributed by atoms with van der Waals surface area (Å²) in [7, 11) is 0. The first kappa shape index (κ1) is 18.6. The van der Waals surface area contributed by atoms with E-state index in [1.807, 2.05) is 26.8 Å². The van der Waals surface area contributed by atoms with Crippen molar-refractivity contribution in [3.05, 3.63) is 58.4 Å². The molecule has 1 nitrogen and oxygen atoms in total. The average Bonchev–Trinajstić information content (AvgIpc) is 2.51. The molecule has 2 aromatic rings. The summed E-state index contributed by atoms with van der Waals surface area (Å²) >= 11 is 2.86. The van der Waals surface area contributed by atoms with E-state index in [0.29, 0.717) is 10.0 Å². The fraction of sp³-hybridized carbons (Fsp3) is 0.235. The summed E-state index contributed by atoms with van der Waals surface area (Å²) in [6.07, 6.45) is 1.07. The van der Waals surface area contributed by atoms with E-state index >= 15 is 0 Å². The van der Waals surface area contributed by atoms with E-state index in [2.05, 4.69) is 21.0 Å². The second-order valence-corrected chi connectivity index (χ2v) is 7.01. The molecule has 0 N–H and O–H groups in total. The molecular formula is C17H13F5NSe. The number of benzene rings is 2. The molecule has 0 unspecified atom stereocenters. The van der Waals surface area contributed by atoms with Gasteiger partial charge in [-0.2, -0.15) is 0 Å². The number of rotatable bonds is 2. The summed E-state index contributed by atoms with van der Waals surface area (Å²) in [4.78, 5) is 3.48. The van der Waals surface area contributed by atoms with Gasteiger partial charge in [0.2, 0.25) is 0 Å². The third-order valence-corrected chi connectivity index (χ3v) is 4.33. The molecule has 0 saturated heterocycles. The molecule has 0 atom stereocenters. The first-order valence-corrected chi connectivity index (χ1v) is 7.77. The zero-order valence-corrected chi connectivity index (χ0v) is 14.8. The van der Waals surface area contributed by atoms with Crippen LogP contribution >= 0.6 is 0 Å². The van der Waals surface area contributed by atoms with E-state index in [1.54, 1.807) is 12.1 Å². The van der Waals surface area contributed by atoms with Crippen LogP contribution in [0.25, 0.3) is 0 Å². The molecular weight excluding hydrogens is 392 g/mol. The molecule has 24 heavy (non-hydrogen) atoms. The van der Waals surface area contributed by atoms with Gasteiger partial charge in [0, 0.05) is 0 Å². The van der Waals surface area contributed by atoms with Crippen LogP contribution in [0, 0.1) is 29.1 Å². The Bertz CT molecular complexity index is 796. The Kier molecular flexibility index (Phi) is 5.16. The van der Waals surface area contributed by atoms with E-state index in [9.17, 15) is 22.0 Å². The number of hydrogen-bond donors (Lipinski definition) is 0. The third-order valence-electron chi connectivity index (χ3n) is 3.37. The molecule has 0 saturated carbocycles. The van der Waals surface area contributed by atoms with Gasteiger partial charge in [-0.3, -0.25) is 0 Å². The third kappa shape index (κ3) is 3.37.